The van der Waals surface area contributed by atoms with E-state index in [1.54, 1.807) is 6.26 Å². The maximum atomic E-state index is 6.04. The highest BCUT2D eigenvalue weighted by Gasteiger charge is 2.23. The topological polar surface area (TPSA) is 55.3 Å². The number of likely N-dealkylation sites (tertiary alicyclic amines) is 1. The highest BCUT2D eigenvalue weighted by Crippen LogP contribution is 2.22. The number of piperidine rings is 1. The Morgan fingerprint density at radius 1 is 1.38 bits per heavy atom. The average molecular weight is 285 g/mol. The molecule has 1 aliphatic rings. The molecule has 1 aliphatic heterocycles. The number of rotatable bonds is 4. The van der Waals surface area contributed by atoms with Gasteiger partial charge in [-0.2, -0.15) is 0 Å². The van der Waals surface area contributed by atoms with Crippen LogP contribution in [-0.2, 0) is 6.54 Å². The fourth-order valence-corrected chi connectivity index (χ4v) is 2.99. The van der Waals surface area contributed by atoms with Gasteiger partial charge in [0.2, 0.25) is 5.89 Å². The molecule has 1 saturated heterocycles. The quantitative estimate of drug-likeness (QED) is 0.938. The molecule has 21 heavy (non-hydrogen) atoms. The van der Waals surface area contributed by atoms with Gasteiger partial charge in [0.1, 0.15) is 6.26 Å². The number of oxazole rings is 1. The van der Waals surface area contributed by atoms with E-state index >= 15 is 0 Å². The van der Waals surface area contributed by atoms with Crippen molar-refractivity contribution in [2.75, 3.05) is 13.1 Å². The first-order chi connectivity index (χ1) is 10.2. The van der Waals surface area contributed by atoms with E-state index in [0.29, 0.717) is 11.8 Å². The van der Waals surface area contributed by atoms with Crippen LogP contribution in [0.2, 0.25) is 0 Å². The van der Waals surface area contributed by atoms with Gasteiger partial charge in [-0.15, -0.1) is 0 Å². The van der Waals surface area contributed by atoms with Crippen molar-refractivity contribution in [1.82, 2.24) is 9.88 Å². The molecule has 0 spiro atoms. The lowest BCUT2D eigenvalue weighted by atomic mass is 9.92. The fraction of sp³-hybridized carbons (Fsp3) is 0.471. The van der Waals surface area contributed by atoms with E-state index in [4.69, 9.17) is 10.2 Å². The lowest BCUT2D eigenvalue weighted by molar-refractivity contribution is 0.153. The van der Waals surface area contributed by atoms with Gasteiger partial charge in [-0.05, 0) is 44.4 Å². The molecule has 4 heteroatoms. The van der Waals surface area contributed by atoms with Crippen molar-refractivity contribution in [3.63, 3.8) is 0 Å². The Kier molecular flexibility index (Phi) is 4.36. The molecule has 1 fully saturated rings. The third kappa shape index (κ3) is 3.52. The van der Waals surface area contributed by atoms with Crippen molar-refractivity contribution < 1.29 is 4.42 Å². The molecular weight excluding hydrogens is 262 g/mol. The second-order valence-electron chi connectivity index (χ2n) is 6.01. The summed E-state index contributed by atoms with van der Waals surface area (Å²) in [5.74, 6) is 1.30. The monoisotopic (exact) mass is 285 g/mol. The summed E-state index contributed by atoms with van der Waals surface area (Å²) in [6, 6.07) is 10.3. The third-order valence-corrected chi connectivity index (χ3v) is 4.24. The molecule has 0 bridgehead atoms. The van der Waals surface area contributed by atoms with E-state index in [1.165, 1.54) is 12.8 Å². The molecule has 0 amide bonds. The Bertz CT molecular complexity index is 564. The molecule has 112 valence electrons. The Morgan fingerprint density at radius 2 is 2.19 bits per heavy atom. The minimum Gasteiger partial charge on any atom is -0.444 e. The predicted molar refractivity (Wildman–Crippen MR) is 83.6 cm³/mol. The van der Waals surface area contributed by atoms with Crippen LogP contribution in [-0.4, -0.2) is 29.0 Å². The van der Waals surface area contributed by atoms with Crippen molar-refractivity contribution in [3.8, 4) is 11.5 Å². The van der Waals surface area contributed by atoms with Crippen LogP contribution < -0.4 is 5.73 Å². The van der Waals surface area contributed by atoms with Crippen LogP contribution in [0.4, 0.5) is 0 Å². The molecular formula is C17H23N3O. The van der Waals surface area contributed by atoms with Crippen molar-refractivity contribution in [3.05, 3.63) is 42.3 Å². The fourth-order valence-electron chi connectivity index (χ4n) is 2.99. The van der Waals surface area contributed by atoms with Gasteiger partial charge in [-0.3, -0.25) is 4.90 Å². The van der Waals surface area contributed by atoms with Crippen LogP contribution in [0.5, 0.6) is 0 Å². The van der Waals surface area contributed by atoms with E-state index in [2.05, 4.69) is 16.8 Å². The largest absolute Gasteiger partial charge is 0.444 e. The molecule has 2 atom stereocenters. The number of hydrogen-bond donors (Lipinski definition) is 1. The summed E-state index contributed by atoms with van der Waals surface area (Å²) in [6.45, 7) is 5.14. The maximum absolute atomic E-state index is 6.04. The van der Waals surface area contributed by atoms with Crippen molar-refractivity contribution in [1.29, 1.82) is 0 Å². The van der Waals surface area contributed by atoms with Crippen LogP contribution in [0, 0.1) is 5.92 Å². The molecule has 1 aromatic heterocycles. The SMILES string of the molecule is CC(N)C1CCCN(Cc2coc(-c3ccccc3)n2)C1. The minimum absolute atomic E-state index is 0.269. The molecule has 3 rings (SSSR count). The summed E-state index contributed by atoms with van der Waals surface area (Å²) >= 11 is 0. The van der Waals surface area contributed by atoms with E-state index in [0.717, 1.165) is 30.9 Å². The molecule has 2 unspecified atom stereocenters. The number of hydrogen-bond acceptors (Lipinski definition) is 4. The summed E-state index contributed by atoms with van der Waals surface area (Å²) < 4.78 is 5.60. The van der Waals surface area contributed by atoms with E-state index in [9.17, 15) is 0 Å². The maximum Gasteiger partial charge on any atom is 0.226 e. The molecule has 2 N–H and O–H groups in total. The smallest absolute Gasteiger partial charge is 0.226 e. The van der Waals surface area contributed by atoms with Crippen molar-refractivity contribution in [2.45, 2.75) is 32.4 Å². The van der Waals surface area contributed by atoms with Crippen LogP contribution in [0.3, 0.4) is 0 Å². The number of nitrogens with zero attached hydrogens (tertiary/aromatic N) is 2. The molecule has 2 aromatic rings. The normalized spacial score (nSPS) is 21.3. The van der Waals surface area contributed by atoms with Gasteiger partial charge < -0.3 is 10.2 Å². The second kappa shape index (κ2) is 6.41. The Labute approximate surface area is 126 Å². The van der Waals surface area contributed by atoms with Gasteiger partial charge >= 0.3 is 0 Å². The van der Waals surface area contributed by atoms with Crippen LogP contribution in [0.15, 0.2) is 41.0 Å². The highest BCUT2D eigenvalue weighted by atomic mass is 16.3. The van der Waals surface area contributed by atoms with Crippen molar-refractivity contribution >= 4 is 0 Å². The second-order valence-corrected chi connectivity index (χ2v) is 6.01. The molecule has 0 saturated carbocycles. The molecule has 4 nitrogen and oxygen atoms in total. The summed E-state index contributed by atoms with van der Waals surface area (Å²) in [5, 5.41) is 0. The zero-order valence-corrected chi connectivity index (χ0v) is 12.5. The summed E-state index contributed by atoms with van der Waals surface area (Å²) in [7, 11) is 0. The van der Waals surface area contributed by atoms with E-state index < -0.39 is 0 Å². The van der Waals surface area contributed by atoms with Crippen LogP contribution >= 0.6 is 0 Å². The number of nitrogens with two attached hydrogens (primary N) is 1. The Morgan fingerprint density at radius 3 is 2.95 bits per heavy atom. The first-order valence-electron chi connectivity index (χ1n) is 7.70. The van der Waals surface area contributed by atoms with Gasteiger partial charge in [-0.1, -0.05) is 18.2 Å². The molecule has 0 aliphatic carbocycles. The lowest BCUT2D eigenvalue weighted by Crippen LogP contribution is -2.41. The van der Waals surface area contributed by atoms with E-state index in [-0.39, 0.29) is 6.04 Å². The number of aromatic nitrogens is 1. The third-order valence-electron chi connectivity index (χ3n) is 4.24. The van der Waals surface area contributed by atoms with Gasteiger partial charge in [-0.25, -0.2) is 4.98 Å². The summed E-state index contributed by atoms with van der Waals surface area (Å²) in [4.78, 5) is 7.04. The zero-order chi connectivity index (χ0) is 14.7. The Balaban J connectivity index is 1.65. The standard InChI is InChI=1S/C17H23N3O/c1-13(18)15-8-5-9-20(10-15)11-16-12-21-17(19-16)14-6-3-2-4-7-14/h2-4,6-7,12-13,15H,5,8-11,18H2,1H3. The van der Waals surface area contributed by atoms with E-state index in [1.807, 2.05) is 30.3 Å². The van der Waals surface area contributed by atoms with Gasteiger partial charge in [0.15, 0.2) is 0 Å². The number of benzene rings is 1. The summed E-state index contributed by atoms with van der Waals surface area (Å²) in [6.07, 6.45) is 4.23. The van der Waals surface area contributed by atoms with Gasteiger partial charge in [0, 0.05) is 24.7 Å². The molecule has 1 aromatic carbocycles. The highest BCUT2D eigenvalue weighted by molar-refractivity contribution is 5.52. The minimum atomic E-state index is 0.269. The van der Waals surface area contributed by atoms with Crippen LogP contribution in [0.25, 0.3) is 11.5 Å². The lowest BCUT2D eigenvalue weighted by Gasteiger charge is -2.34. The average Bonchev–Trinajstić information content (AvgIpc) is 2.97. The Hall–Kier alpha value is -1.65. The molecule has 0 radical (unpaired) electrons. The van der Waals surface area contributed by atoms with Gasteiger partial charge in [0.05, 0.1) is 5.69 Å². The zero-order valence-electron chi connectivity index (χ0n) is 12.5. The first kappa shape index (κ1) is 14.3. The summed E-state index contributed by atoms with van der Waals surface area (Å²) in [5.41, 5.74) is 8.07. The van der Waals surface area contributed by atoms with Gasteiger partial charge in [0.25, 0.3) is 0 Å². The molecule has 2 heterocycles. The van der Waals surface area contributed by atoms with Crippen molar-refractivity contribution in [2.24, 2.45) is 11.7 Å². The predicted octanol–water partition coefficient (Wildman–Crippen LogP) is 2.90. The van der Waals surface area contributed by atoms with Crippen LogP contribution in [0.1, 0.15) is 25.5 Å². The first-order valence-corrected chi connectivity index (χ1v) is 7.70.